The predicted octanol–water partition coefficient (Wildman–Crippen LogP) is 6.48. The molecule has 0 atom stereocenters. The van der Waals surface area contributed by atoms with Gasteiger partial charge in [-0.3, -0.25) is 0 Å². The largest absolute Gasteiger partial charge is 0.493 e. The van der Waals surface area contributed by atoms with Gasteiger partial charge in [-0.15, -0.1) is 0 Å². The summed E-state index contributed by atoms with van der Waals surface area (Å²) in [4.78, 5) is 0.0633. The van der Waals surface area contributed by atoms with Crippen LogP contribution in [0.25, 0.3) is 21.5 Å². The Morgan fingerprint density at radius 2 is 1.50 bits per heavy atom. The molecule has 4 aromatic rings. The van der Waals surface area contributed by atoms with Crippen LogP contribution in [0.3, 0.4) is 0 Å². The van der Waals surface area contributed by atoms with Crippen molar-refractivity contribution in [2.75, 3.05) is 27.9 Å². The lowest BCUT2D eigenvalue weighted by molar-refractivity contribution is 0.302. The third-order valence-corrected chi connectivity index (χ3v) is 7.96. The molecule has 0 fully saturated rings. The van der Waals surface area contributed by atoms with Gasteiger partial charge in [0, 0.05) is 10.8 Å². The van der Waals surface area contributed by atoms with Gasteiger partial charge >= 0.3 is 0 Å². The third-order valence-electron chi connectivity index (χ3n) is 6.12. The van der Waals surface area contributed by atoms with Gasteiger partial charge in [-0.2, -0.15) is 0 Å². The molecule has 4 rings (SSSR count). The molecule has 8 heteroatoms. The zero-order valence-corrected chi connectivity index (χ0v) is 21.8. The first-order valence-electron chi connectivity index (χ1n) is 11.6. The van der Waals surface area contributed by atoms with E-state index in [1.54, 1.807) is 30.3 Å². The van der Waals surface area contributed by atoms with Gasteiger partial charge in [-0.1, -0.05) is 31.0 Å². The maximum atomic E-state index is 14.6. The summed E-state index contributed by atoms with van der Waals surface area (Å²) in [5.74, 6) is 0.514. The molecule has 4 aromatic carbocycles. The quantitative estimate of drug-likeness (QED) is 0.189. The number of sulfone groups is 1. The number of ether oxygens (including phenoxy) is 4. The van der Waals surface area contributed by atoms with Crippen molar-refractivity contribution in [1.29, 1.82) is 0 Å². The number of halogens is 1. The van der Waals surface area contributed by atoms with Crippen LogP contribution in [-0.4, -0.2) is 36.4 Å². The second-order valence-electron chi connectivity index (χ2n) is 8.43. The van der Waals surface area contributed by atoms with E-state index < -0.39 is 15.7 Å². The second-order valence-corrected chi connectivity index (χ2v) is 10.3. The Morgan fingerprint density at radius 1 is 0.806 bits per heavy atom. The van der Waals surface area contributed by atoms with E-state index in [9.17, 15) is 12.8 Å². The first-order chi connectivity index (χ1) is 17.3. The monoisotopic (exact) mass is 512 g/mol. The van der Waals surface area contributed by atoms with Crippen molar-refractivity contribution in [3.63, 3.8) is 0 Å². The number of fused-ring (bicyclic) bond motifs is 3. The number of unbranched alkanes of at least 4 members (excludes halogenated alkanes) is 1. The van der Waals surface area contributed by atoms with Crippen LogP contribution in [0.5, 0.6) is 23.0 Å². The first kappa shape index (κ1) is 25.6. The van der Waals surface area contributed by atoms with Crippen LogP contribution in [0.2, 0.25) is 0 Å². The van der Waals surface area contributed by atoms with Crippen molar-refractivity contribution < 1.29 is 31.8 Å². The van der Waals surface area contributed by atoms with Gasteiger partial charge in [0.05, 0.1) is 38.2 Å². The first-order valence-corrected chi connectivity index (χ1v) is 13.1. The fraction of sp³-hybridized carbons (Fsp3) is 0.286. The van der Waals surface area contributed by atoms with Crippen LogP contribution in [0.4, 0.5) is 4.39 Å². The molecule has 0 unspecified atom stereocenters. The minimum Gasteiger partial charge on any atom is -0.493 e. The van der Waals surface area contributed by atoms with Crippen molar-refractivity contribution >= 4 is 31.4 Å². The summed E-state index contributed by atoms with van der Waals surface area (Å²) >= 11 is 0. The normalized spacial score (nSPS) is 11.6. The third kappa shape index (κ3) is 4.30. The molecule has 0 aromatic heterocycles. The van der Waals surface area contributed by atoms with Gasteiger partial charge in [0.15, 0.2) is 17.2 Å². The van der Waals surface area contributed by atoms with Crippen molar-refractivity contribution in [2.45, 2.75) is 36.5 Å². The number of benzene rings is 4. The summed E-state index contributed by atoms with van der Waals surface area (Å²) in [7, 11) is 0.319. The zero-order chi connectivity index (χ0) is 26.0. The van der Waals surface area contributed by atoms with Gasteiger partial charge in [-0.05, 0) is 55.1 Å². The van der Waals surface area contributed by atoms with Crippen LogP contribution in [0.1, 0.15) is 25.3 Å². The summed E-state index contributed by atoms with van der Waals surface area (Å²) in [5.41, 5.74) is 0.928. The summed E-state index contributed by atoms with van der Waals surface area (Å²) in [6, 6.07) is 12.3. The molecule has 0 spiro atoms. The molecule has 0 aliphatic carbocycles. The molecule has 0 amide bonds. The number of hydrogen-bond acceptors (Lipinski definition) is 6. The summed E-state index contributed by atoms with van der Waals surface area (Å²) in [6.07, 6.45) is 1.56. The number of rotatable bonds is 9. The highest BCUT2D eigenvalue weighted by Gasteiger charge is 2.31. The lowest BCUT2D eigenvalue weighted by atomic mass is 9.99. The maximum Gasteiger partial charge on any atom is 0.210 e. The minimum atomic E-state index is -4.09. The molecule has 0 aliphatic rings. The molecule has 0 heterocycles. The minimum absolute atomic E-state index is 0.0459. The number of aryl methyl sites for hydroxylation is 1. The van der Waals surface area contributed by atoms with Gasteiger partial charge < -0.3 is 18.9 Å². The summed E-state index contributed by atoms with van der Waals surface area (Å²) < 4.78 is 65.9. The molecular formula is C28H29FO6S. The molecule has 190 valence electrons. The average molecular weight is 513 g/mol. The van der Waals surface area contributed by atoms with E-state index in [1.807, 2.05) is 13.8 Å². The van der Waals surface area contributed by atoms with Gasteiger partial charge in [0.1, 0.15) is 10.7 Å². The van der Waals surface area contributed by atoms with Gasteiger partial charge in [-0.25, -0.2) is 12.8 Å². The Balaban J connectivity index is 2.26. The van der Waals surface area contributed by atoms with E-state index in [4.69, 9.17) is 18.9 Å². The zero-order valence-electron chi connectivity index (χ0n) is 21.0. The Morgan fingerprint density at radius 3 is 2.11 bits per heavy atom. The Kier molecular flexibility index (Phi) is 7.26. The van der Waals surface area contributed by atoms with Crippen LogP contribution in [-0.2, 0) is 9.84 Å². The van der Waals surface area contributed by atoms with E-state index >= 15 is 0 Å². The van der Waals surface area contributed by atoms with Crippen LogP contribution >= 0.6 is 0 Å². The fourth-order valence-corrected chi connectivity index (χ4v) is 5.93. The van der Waals surface area contributed by atoms with Crippen molar-refractivity contribution in [1.82, 2.24) is 0 Å². The lowest BCUT2D eigenvalue weighted by Gasteiger charge is -2.22. The van der Waals surface area contributed by atoms with Crippen molar-refractivity contribution in [3.05, 3.63) is 59.9 Å². The summed E-state index contributed by atoms with van der Waals surface area (Å²) in [6.45, 7) is 4.18. The van der Waals surface area contributed by atoms with E-state index in [1.165, 1.54) is 39.5 Å². The van der Waals surface area contributed by atoms with E-state index in [2.05, 4.69) is 0 Å². The number of hydrogen-bond donors (Lipinski definition) is 0. The van der Waals surface area contributed by atoms with Crippen LogP contribution in [0.15, 0.2) is 58.3 Å². The topological polar surface area (TPSA) is 71.1 Å². The molecule has 0 saturated heterocycles. The Bertz CT molecular complexity index is 1530. The van der Waals surface area contributed by atoms with Gasteiger partial charge in [0.2, 0.25) is 15.6 Å². The molecular weight excluding hydrogens is 483 g/mol. The second kappa shape index (κ2) is 10.2. The molecule has 36 heavy (non-hydrogen) atoms. The molecule has 0 radical (unpaired) electrons. The maximum absolute atomic E-state index is 14.6. The average Bonchev–Trinajstić information content (AvgIpc) is 2.87. The highest BCUT2D eigenvalue weighted by molar-refractivity contribution is 7.91. The van der Waals surface area contributed by atoms with Crippen molar-refractivity contribution in [2.24, 2.45) is 0 Å². The fourth-order valence-electron chi connectivity index (χ4n) is 4.33. The SMILES string of the molecule is CCCCOc1c(S(=O)(=O)c2ccc(C)cc2)c2ccc(F)cc2c2cc(OC)c(OC)c(OC)c12. The highest BCUT2D eigenvalue weighted by Crippen LogP contribution is 2.52. The smallest absolute Gasteiger partial charge is 0.210 e. The van der Waals surface area contributed by atoms with E-state index in [0.29, 0.717) is 33.7 Å². The summed E-state index contributed by atoms with van der Waals surface area (Å²) in [5, 5.41) is 1.62. The molecule has 0 aliphatic heterocycles. The Labute approximate surface area is 210 Å². The van der Waals surface area contributed by atoms with Crippen LogP contribution < -0.4 is 18.9 Å². The van der Waals surface area contributed by atoms with Crippen molar-refractivity contribution in [3.8, 4) is 23.0 Å². The number of methoxy groups -OCH3 is 3. The Hall–Kier alpha value is -3.52. The molecule has 0 saturated carbocycles. The molecule has 0 N–H and O–H groups in total. The molecule has 6 nitrogen and oxygen atoms in total. The predicted molar refractivity (Wildman–Crippen MR) is 138 cm³/mol. The van der Waals surface area contributed by atoms with Crippen LogP contribution in [0, 0.1) is 12.7 Å². The standard InChI is InChI=1S/C28H29FO6S/c1-6-7-14-35-27-24-22(16-23(32-3)25(33-4)26(24)34-5)21-15-18(29)10-13-20(21)28(27)36(30,31)19-11-8-17(2)9-12-19/h8-13,15-16H,6-7,14H2,1-5H3. The van der Waals surface area contributed by atoms with E-state index in [-0.39, 0.29) is 33.6 Å². The highest BCUT2D eigenvalue weighted by atomic mass is 32.2. The molecule has 0 bridgehead atoms. The van der Waals surface area contributed by atoms with Gasteiger partial charge in [0.25, 0.3) is 0 Å². The lowest BCUT2D eigenvalue weighted by Crippen LogP contribution is -2.09. The van der Waals surface area contributed by atoms with E-state index in [0.717, 1.165) is 12.0 Å².